The molecule has 0 saturated carbocycles. The Bertz CT molecular complexity index is 889. The van der Waals surface area contributed by atoms with Gasteiger partial charge in [-0.1, -0.05) is 36.4 Å². The van der Waals surface area contributed by atoms with Gasteiger partial charge in [-0.3, -0.25) is 0 Å². The molecule has 0 fully saturated rings. The molecule has 8 heteroatoms. The Hall–Kier alpha value is -3.04. The van der Waals surface area contributed by atoms with Crippen molar-refractivity contribution >= 4 is 7.32 Å². The van der Waals surface area contributed by atoms with E-state index in [1.165, 1.54) is 16.7 Å². The smallest absolute Gasteiger partial charge is 0.497 e. The summed E-state index contributed by atoms with van der Waals surface area (Å²) in [4.78, 5) is 0. The molecule has 0 aromatic heterocycles. The summed E-state index contributed by atoms with van der Waals surface area (Å²) >= 11 is 0. The Kier molecular flexibility index (Phi) is 11.8. The van der Waals surface area contributed by atoms with Gasteiger partial charge in [-0.15, -0.1) is 0 Å². The van der Waals surface area contributed by atoms with Gasteiger partial charge >= 0.3 is 7.32 Å². The minimum Gasteiger partial charge on any atom is -0.497 e. The topological polar surface area (TPSA) is 112 Å². The third-order valence-electron chi connectivity index (χ3n) is 6.33. The first-order chi connectivity index (χ1) is 16.9. The number of ether oxygens (including phenoxy) is 3. The average Bonchev–Trinajstić information content (AvgIpc) is 2.88. The zero-order chi connectivity index (χ0) is 25.1. The first-order valence-corrected chi connectivity index (χ1v) is 11.8. The molecule has 0 bridgehead atoms. The van der Waals surface area contributed by atoms with Gasteiger partial charge in [-0.05, 0) is 90.6 Å². The van der Waals surface area contributed by atoms with Crippen LogP contribution in [0.1, 0.15) is 29.5 Å². The number of rotatable bonds is 14. The molecule has 0 amide bonds. The van der Waals surface area contributed by atoms with E-state index in [-0.39, 0.29) is 18.2 Å². The SMILES string of the molecule is COc1ccc(CC(CCCOB(O)O)(Cc2ccc(OC)cc2)Cc2ccc(OC)cc2)cc1.N. The lowest BCUT2D eigenvalue weighted by atomic mass is 9.69. The average molecular weight is 495 g/mol. The maximum atomic E-state index is 9.13. The standard InChI is InChI=1S/C28H35BO6.H3N/c1-32-25-11-5-22(6-12-25)19-28(17-4-18-35-29(30)31,20-23-7-13-26(33-2)14-8-23)21-24-9-15-27(34-3)16-10-24;/h5-16,30-31H,4,17-21H2,1-3H3;1H3. The van der Waals surface area contributed by atoms with Crippen molar-refractivity contribution in [1.82, 2.24) is 6.15 Å². The second-order valence-electron chi connectivity index (χ2n) is 8.88. The Morgan fingerprint density at radius 1 is 0.611 bits per heavy atom. The Morgan fingerprint density at radius 3 is 1.22 bits per heavy atom. The van der Waals surface area contributed by atoms with Crippen molar-refractivity contribution < 1.29 is 28.9 Å². The number of benzene rings is 3. The fourth-order valence-corrected chi connectivity index (χ4v) is 4.62. The van der Waals surface area contributed by atoms with E-state index in [4.69, 9.17) is 28.9 Å². The number of hydrogen-bond acceptors (Lipinski definition) is 7. The highest BCUT2D eigenvalue weighted by molar-refractivity contribution is 6.32. The minimum absolute atomic E-state index is 0. The molecule has 3 aromatic carbocycles. The molecule has 0 saturated heterocycles. The quantitative estimate of drug-likeness (QED) is 0.220. The first-order valence-electron chi connectivity index (χ1n) is 11.8. The van der Waals surface area contributed by atoms with Gasteiger partial charge in [0, 0.05) is 6.61 Å². The summed E-state index contributed by atoms with van der Waals surface area (Å²) in [7, 11) is 3.25. The van der Waals surface area contributed by atoms with Crippen molar-refractivity contribution in [2.24, 2.45) is 5.41 Å². The molecule has 5 N–H and O–H groups in total. The van der Waals surface area contributed by atoms with Crippen molar-refractivity contribution in [2.75, 3.05) is 27.9 Å². The number of hydrogen-bond donors (Lipinski definition) is 3. The van der Waals surface area contributed by atoms with E-state index in [1.54, 1.807) is 21.3 Å². The van der Waals surface area contributed by atoms with Crippen LogP contribution < -0.4 is 20.4 Å². The van der Waals surface area contributed by atoms with Gasteiger partial charge in [0.15, 0.2) is 0 Å². The van der Waals surface area contributed by atoms with Crippen LogP contribution in [-0.4, -0.2) is 45.3 Å². The summed E-state index contributed by atoms with van der Waals surface area (Å²) in [6.45, 7) is 0.271. The summed E-state index contributed by atoms with van der Waals surface area (Å²) in [5.41, 5.74) is 3.52. The van der Waals surface area contributed by atoms with E-state index in [9.17, 15) is 0 Å². The van der Waals surface area contributed by atoms with E-state index in [1.807, 2.05) is 36.4 Å². The van der Waals surface area contributed by atoms with Crippen molar-refractivity contribution in [3.05, 3.63) is 89.5 Å². The second kappa shape index (κ2) is 14.5. The molecular weight excluding hydrogens is 457 g/mol. The molecule has 194 valence electrons. The molecular formula is C28H38BNO6. The summed E-state index contributed by atoms with van der Waals surface area (Å²) in [5.74, 6) is 2.49. The van der Waals surface area contributed by atoms with E-state index in [0.29, 0.717) is 6.42 Å². The molecule has 0 radical (unpaired) electrons. The molecule has 3 aromatic rings. The van der Waals surface area contributed by atoms with Gasteiger partial charge in [0.25, 0.3) is 0 Å². The van der Waals surface area contributed by atoms with Gasteiger partial charge in [-0.25, -0.2) is 0 Å². The summed E-state index contributed by atoms with van der Waals surface area (Å²) in [5, 5.41) is 18.3. The van der Waals surface area contributed by atoms with Gasteiger partial charge < -0.3 is 35.1 Å². The van der Waals surface area contributed by atoms with E-state index in [0.717, 1.165) is 42.9 Å². The molecule has 36 heavy (non-hydrogen) atoms. The predicted octanol–water partition coefficient (Wildman–Crippen LogP) is 4.66. The van der Waals surface area contributed by atoms with Crippen molar-refractivity contribution in [3.63, 3.8) is 0 Å². The third kappa shape index (κ3) is 8.88. The van der Waals surface area contributed by atoms with Crippen LogP contribution in [0.4, 0.5) is 0 Å². The zero-order valence-electron chi connectivity index (χ0n) is 21.5. The highest BCUT2D eigenvalue weighted by Gasteiger charge is 2.31. The van der Waals surface area contributed by atoms with E-state index in [2.05, 4.69) is 36.4 Å². The summed E-state index contributed by atoms with van der Waals surface area (Å²) in [6.07, 6.45) is 4.06. The third-order valence-corrected chi connectivity index (χ3v) is 6.33. The molecule has 0 unspecified atom stereocenters. The van der Waals surface area contributed by atoms with E-state index >= 15 is 0 Å². The lowest BCUT2D eigenvalue weighted by Crippen LogP contribution is -2.30. The van der Waals surface area contributed by atoms with Gasteiger partial charge in [-0.2, -0.15) is 0 Å². The van der Waals surface area contributed by atoms with Crippen LogP contribution in [-0.2, 0) is 23.9 Å². The molecule has 0 aliphatic heterocycles. The molecule has 0 aliphatic rings. The summed E-state index contributed by atoms with van der Waals surface area (Å²) in [6, 6.07) is 24.6. The normalized spacial score (nSPS) is 10.9. The molecule has 0 spiro atoms. The second-order valence-corrected chi connectivity index (χ2v) is 8.88. The largest absolute Gasteiger partial charge is 0.633 e. The van der Waals surface area contributed by atoms with Crippen LogP contribution in [0.5, 0.6) is 17.2 Å². The molecule has 0 heterocycles. The predicted molar refractivity (Wildman–Crippen MR) is 143 cm³/mol. The first kappa shape index (κ1) is 29.2. The maximum absolute atomic E-state index is 9.13. The van der Waals surface area contributed by atoms with Crippen molar-refractivity contribution in [1.29, 1.82) is 0 Å². The molecule has 0 atom stereocenters. The Balaban J connectivity index is 0.00000456. The van der Waals surface area contributed by atoms with Gasteiger partial charge in [0.2, 0.25) is 0 Å². The minimum atomic E-state index is -1.76. The van der Waals surface area contributed by atoms with Crippen LogP contribution in [0.2, 0.25) is 0 Å². The van der Waals surface area contributed by atoms with Crippen molar-refractivity contribution in [3.8, 4) is 17.2 Å². The Morgan fingerprint density at radius 2 is 0.944 bits per heavy atom. The fraction of sp³-hybridized carbons (Fsp3) is 0.357. The monoisotopic (exact) mass is 495 g/mol. The summed E-state index contributed by atoms with van der Waals surface area (Å²) < 4.78 is 21.1. The van der Waals surface area contributed by atoms with Gasteiger partial charge in [0.1, 0.15) is 17.2 Å². The lowest BCUT2D eigenvalue weighted by Gasteiger charge is -2.35. The molecule has 7 nitrogen and oxygen atoms in total. The highest BCUT2D eigenvalue weighted by Crippen LogP contribution is 2.38. The van der Waals surface area contributed by atoms with Crippen LogP contribution >= 0.6 is 0 Å². The van der Waals surface area contributed by atoms with Crippen LogP contribution in [0.15, 0.2) is 72.8 Å². The fourth-order valence-electron chi connectivity index (χ4n) is 4.62. The molecule has 3 rings (SSSR count). The number of methoxy groups -OCH3 is 3. The van der Waals surface area contributed by atoms with Crippen molar-refractivity contribution in [2.45, 2.75) is 32.1 Å². The van der Waals surface area contributed by atoms with E-state index < -0.39 is 7.32 Å². The Labute approximate surface area is 214 Å². The zero-order valence-corrected chi connectivity index (χ0v) is 21.5. The lowest BCUT2D eigenvalue weighted by molar-refractivity contribution is 0.161. The molecule has 0 aliphatic carbocycles. The maximum Gasteiger partial charge on any atom is 0.633 e. The van der Waals surface area contributed by atoms with Crippen LogP contribution in [0, 0.1) is 5.41 Å². The van der Waals surface area contributed by atoms with Gasteiger partial charge in [0.05, 0.1) is 21.3 Å². The van der Waals surface area contributed by atoms with Crippen LogP contribution in [0.3, 0.4) is 0 Å². The van der Waals surface area contributed by atoms with Crippen LogP contribution in [0.25, 0.3) is 0 Å². The highest BCUT2D eigenvalue weighted by atomic mass is 16.6.